The number of rotatable bonds is 3. The fraction of sp³-hybridized carbons (Fsp3) is 0.182. The summed E-state index contributed by atoms with van der Waals surface area (Å²) in [5.74, 6) is 0. The third kappa shape index (κ3) is 2.24. The molecule has 0 saturated heterocycles. The van der Waals surface area contributed by atoms with Gasteiger partial charge >= 0.3 is 0 Å². The van der Waals surface area contributed by atoms with Gasteiger partial charge in [-0.2, -0.15) is 5.10 Å². The van der Waals surface area contributed by atoms with Crippen LogP contribution in [0, 0.1) is 0 Å². The molecule has 1 aromatic carbocycles. The standard InChI is InChI=1S/C11H12ClN3S/c1-8(15-6-2-5-14-15)9-3-4-10(12)11(7-9)16-13/h2-8H,13H2,1H3. The highest BCUT2D eigenvalue weighted by atomic mass is 35.5. The average Bonchev–Trinajstić information content (AvgIpc) is 2.82. The van der Waals surface area contributed by atoms with E-state index in [4.69, 9.17) is 16.7 Å². The van der Waals surface area contributed by atoms with E-state index in [0.717, 1.165) is 22.4 Å². The molecule has 2 N–H and O–H groups in total. The molecule has 0 aliphatic rings. The third-order valence-electron chi connectivity index (χ3n) is 2.49. The Hall–Kier alpha value is -0.970. The molecule has 2 aromatic rings. The summed E-state index contributed by atoms with van der Waals surface area (Å²) in [5, 5.41) is 10.4. The Bertz CT molecular complexity index is 470. The molecule has 0 aliphatic heterocycles. The van der Waals surface area contributed by atoms with Crippen molar-refractivity contribution in [2.24, 2.45) is 5.14 Å². The molecule has 2 rings (SSSR count). The van der Waals surface area contributed by atoms with Crippen molar-refractivity contribution in [3.05, 3.63) is 47.2 Å². The summed E-state index contributed by atoms with van der Waals surface area (Å²) in [6.07, 6.45) is 3.71. The van der Waals surface area contributed by atoms with Crippen molar-refractivity contribution in [3.63, 3.8) is 0 Å². The first-order valence-electron chi connectivity index (χ1n) is 4.87. The lowest BCUT2D eigenvalue weighted by Crippen LogP contribution is -2.07. The van der Waals surface area contributed by atoms with Gasteiger partial charge in [0.15, 0.2) is 0 Å². The largest absolute Gasteiger partial charge is 0.274 e. The second-order valence-corrected chi connectivity index (χ2v) is 4.55. The van der Waals surface area contributed by atoms with E-state index in [1.165, 1.54) is 0 Å². The van der Waals surface area contributed by atoms with E-state index < -0.39 is 0 Å². The van der Waals surface area contributed by atoms with E-state index in [9.17, 15) is 0 Å². The van der Waals surface area contributed by atoms with Gasteiger partial charge in [0, 0.05) is 17.3 Å². The zero-order valence-electron chi connectivity index (χ0n) is 8.80. The minimum absolute atomic E-state index is 0.179. The molecule has 1 aromatic heterocycles. The topological polar surface area (TPSA) is 43.8 Å². The Balaban J connectivity index is 2.34. The fourth-order valence-corrected chi connectivity index (χ4v) is 2.17. The van der Waals surface area contributed by atoms with Gasteiger partial charge in [-0.25, -0.2) is 0 Å². The van der Waals surface area contributed by atoms with Gasteiger partial charge in [0.1, 0.15) is 0 Å². The summed E-state index contributed by atoms with van der Waals surface area (Å²) in [6.45, 7) is 2.08. The first-order valence-corrected chi connectivity index (χ1v) is 6.13. The molecule has 5 heteroatoms. The number of halogens is 1. The first kappa shape index (κ1) is 11.5. The van der Waals surface area contributed by atoms with Crippen LogP contribution in [0.3, 0.4) is 0 Å². The van der Waals surface area contributed by atoms with Crippen molar-refractivity contribution in [2.45, 2.75) is 17.9 Å². The lowest BCUT2D eigenvalue weighted by Gasteiger charge is -2.13. The monoisotopic (exact) mass is 253 g/mol. The van der Waals surface area contributed by atoms with E-state index in [1.54, 1.807) is 6.20 Å². The van der Waals surface area contributed by atoms with Gasteiger partial charge in [0.2, 0.25) is 0 Å². The fourth-order valence-electron chi connectivity index (χ4n) is 1.53. The van der Waals surface area contributed by atoms with Crippen molar-refractivity contribution in [2.75, 3.05) is 0 Å². The molecule has 1 atom stereocenters. The number of benzene rings is 1. The van der Waals surface area contributed by atoms with Crippen molar-refractivity contribution in [1.82, 2.24) is 9.78 Å². The Morgan fingerprint density at radius 1 is 1.50 bits per heavy atom. The van der Waals surface area contributed by atoms with Crippen LogP contribution in [-0.4, -0.2) is 9.78 Å². The molecular weight excluding hydrogens is 242 g/mol. The van der Waals surface area contributed by atoms with Crippen molar-refractivity contribution >= 4 is 23.5 Å². The van der Waals surface area contributed by atoms with E-state index in [0.29, 0.717) is 5.02 Å². The van der Waals surface area contributed by atoms with E-state index >= 15 is 0 Å². The highest BCUT2D eigenvalue weighted by Gasteiger charge is 2.09. The molecule has 0 aliphatic carbocycles. The first-order chi connectivity index (χ1) is 7.72. The summed E-state index contributed by atoms with van der Waals surface area (Å²) < 4.78 is 1.90. The van der Waals surface area contributed by atoms with Gasteiger partial charge in [-0.05, 0) is 42.6 Å². The highest BCUT2D eigenvalue weighted by molar-refractivity contribution is 7.97. The predicted molar refractivity (Wildman–Crippen MR) is 67.5 cm³/mol. The van der Waals surface area contributed by atoms with Crippen molar-refractivity contribution in [1.29, 1.82) is 0 Å². The number of aromatic nitrogens is 2. The summed E-state index contributed by atoms with van der Waals surface area (Å²) in [5.41, 5.74) is 1.14. The maximum absolute atomic E-state index is 6.00. The maximum Gasteiger partial charge on any atom is 0.0740 e. The number of nitrogens with two attached hydrogens (primary N) is 1. The molecule has 0 bridgehead atoms. The molecule has 0 radical (unpaired) electrons. The van der Waals surface area contributed by atoms with Crippen LogP contribution in [-0.2, 0) is 0 Å². The smallest absolute Gasteiger partial charge is 0.0740 e. The number of hydrogen-bond acceptors (Lipinski definition) is 3. The Morgan fingerprint density at radius 3 is 2.94 bits per heavy atom. The van der Waals surface area contributed by atoms with Gasteiger partial charge in [0.05, 0.1) is 11.1 Å². The quantitative estimate of drug-likeness (QED) is 0.855. The predicted octanol–water partition coefficient (Wildman–Crippen LogP) is 3.11. The second-order valence-electron chi connectivity index (χ2n) is 3.47. The van der Waals surface area contributed by atoms with Gasteiger partial charge in [0.25, 0.3) is 0 Å². The SMILES string of the molecule is CC(c1ccc(Cl)c(SN)c1)n1cccn1. The molecular formula is C11H12ClN3S. The zero-order chi connectivity index (χ0) is 11.5. The van der Waals surface area contributed by atoms with Crippen LogP contribution >= 0.6 is 23.5 Å². The lowest BCUT2D eigenvalue weighted by atomic mass is 10.1. The van der Waals surface area contributed by atoms with Gasteiger partial charge in [-0.15, -0.1) is 0 Å². The van der Waals surface area contributed by atoms with Crippen molar-refractivity contribution < 1.29 is 0 Å². The van der Waals surface area contributed by atoms with Crippen LogP contribution in [0.4, 0.5) is 0 Å². The van der Waals surface area contributed by atoms with Crippen LogP contribution in [0.1, 0.15) is 18.5 Å². The minimum atomic E-state index is 0.179. The minimum Gasteiger partial charge on any atom is -0.274 e. The van der Waals surface area contributed by atoms with E-state index in [1.807, 2.05) is 35.1 Å². The molecule has 16 heavy (non-hydrogen) atoms. The molecule has 1 unspecified atom stereocenters. The van der Waals surface area contributed by atoms with E-state index in [2.05, 4.69) is 12.0 Å². The highest BCUT2D eigenvalue weighted by Crippen LogP contribution is 2.28. The van der Waals surface area contributed by atoms with Crippen LogP contribution < -0.4 is 5.14 Å². The second kappa shape index (κ2) is 4.91. The van der Waals surface area contributed by atoms with Crippen molar-refractivity contribution in [3.8, 4) is 0 Å². The van der Waals surface area contributed by atoms with Gasteiger partial charge < -0.3 is 0 Å². The Kier molecular flexibility index (Phi) is 3.53. The normalized spacial score (nSPS) is 12.7. The molecule has 84 valence electrons. The molecule has 0 spiro atoms. The zero-order valence-corrected chi connectivity index (χ0v) is 10.4. The molecule has 1 heterocycles. The van der Waals surface area contributed by atoms with Crippen LogP contribution in [0.25, 0.3) is 0 Å². The molecule has 0 fully saturated rings. The van der Waals surface area contributed by atoms with Crippen LogP contribution in [0.2, 0.25) is 5.02 Å². The van der Waals surface area contributed by atoms with Gasteiger partial charge in [-0.3, -0.25) is 9.82 Å². The van der Waals surface area contributed by atoms with Crippen LogP contribution in [0.15, 0.2) is 41.6 Å². The average molecular weight is 254 g/mol. The summed E-state index contributed by atoms with van der Waals surface area (Å²) in [6, 6.07) is 7.95. The molecule has 0 saturated carbocycles. The van der Waals surface area contributed by atoms with E-state index in [-0.39, 0.29) is 6.04 Å². The maximum atomic E-state index is 6.00. The summed E-state index contributed by atoms with van der Waals surface area (Å²) in [7, 11) is 0. The van der Waals surface area contributed by atoms with Gasteiger partial charge in [-0.1, -0.05) is 17.7 Å². The summed E-state index contributed by atoms with van der Waals surface area (Å²) >= 11 is 7.17. The Morgan fingerprint density at radius 2 is 2.31 bits per heavy atom. The lowest BCUT2D eigenvalue weighted by molar-refractivity contribution is 0.563. The summed E-state index contributed by atoms with van der Waals surface area (Å²) in [4.78, 5) is 0.887. The number of hydrogen-bond donors (Lipinski definition) is 1. The molecule has 0 amide bonds. The number of nitrogens with zero attached hydrogens (tertiary/aromatic N) is 2. The van der Waals surface area contributed by atoms with Crippen LogP contribution in [0.5, 0.6) is 0 Å². The third-order valence-corrected chi connectivity index (χ3v) is 3.52. The molecule has 3 nitrogen and oxygen atoms in total. The Labute approximate surface area is 104 Å².